The van der Waals surface area contributed by atoms with Crippen LogP contribution in [-0.4, -0.2) is 14.8 Å². The quantitative estimate of drug-likeness (QED) is 0.154. The van der Waals surface area contributed by atoms with Crippen molar-refractivity contribution in [1.82, 2.24) is 0 Å². The third-order valence-corrected chi connectivity index (χ3v) is 22.6. The van der Waals surface area contributed by atoms with Crippen molar-refractivity contribution in [3.8, 4) is 11.1 Å². The molecule has 0 fully saturated rings. The highest BCUT2D eigenvalue weighted by Gasteiger charge is 2.50. The minimum Gasteiger partial charge on any atom is -0.311 e. The second kappa shape index (κ2) is 19.0. The van der Waals surface area contributed by atoms with Gasteiger partial charge >= 0.3 is 0 Å². The minimum absolute atomic E-state index is 0.00523. The fraction of sp³-hybridized carbons (Fsp3) is 0.211. The normalized spacial score (nSPS) is 14.4. The topological polar surface area (TPSA) is 9.72 Å². The van der Waals surface area contributed by atoms with Crippen LogP contribution in [0.3, 0.4) is 0 Å². The SMILES string of the molecule is CC(C)(C)c1ccc(-c2ccc3c(c2)B2c4cc(C(C)(C)C)ccc4N(c4ccc(C(C)(C)C)cc4)c4cc(N5c6ccccc6[Si](c6ccccc6)(c6ccccc6)c6ccccc65)cc(c42)N3c2ccc(C(C)(C)C)cc2)cc1. The van der Waals surface area contributed by atoms with Gasteiger partial charge in [-0.1, -0.05) is 253 Å². The van der Waals surface area contributed by atoms with Gasteiger partial charge in [0.05, 0.1) is 5.69 Å². The van der Waals surface area contributed by atoms with E-state index in [2.05, 4.69) is 328 Å². The molecule has 0 unspecified atom stereocenters. The van der Waals surface area contributed by atoms with Crippen LogP contribution in [0.25, 0.3) is 11.1 Å². The Kier molecular flexibility index (Phi) is 12.3. The summed E-state index contributed by atoms with van der Waals surface area (Å²) in [6.07, 6.45) is 0. The third kappa shape index (κ3) is 8.61. The summed E-state index contributed by atoms with van der Waals surface area (Å²) >= 11 is 0. The zero-order chi connectivity index (χ0) is 56.4. The smallest absolute Gasteiger partial charge is 0.252 e. The van der Waals surface area contributed by atoms with E-state index in [-0.39, 0.29) is 28.4 Å². The van der Waals surface area contributed by atoms with E-state index in [4.69, 9.17) is 0 Å². The van der Waals surface area contributed by atoms with Gasteiger partial charge in [0.2, 0.25) is 0 Å². The molecule has 0 aliphatic carbocycles. The summed E-state index contributed by atoms with van der Waals surface area (Å²) in [5, 5.41) is 5.51. The van der Waals surface area contributed by atoms with Crippen LogP contribution in [0.2, 0.25) is 0 Å². The highest BCUT2D eigenvalue weighted by atomic mass is 28.3. The summed E-state index contributed by atoms with van der Waals surface area (Å²) in [7, 11) is -2.90. The number of anilines is 9. The van der Waals surface area contributed by atoms with Gasteiger partial charge in [-0.3, -0.25) is 0 Å². The zero-order valence-electron chi connectivity index (χ0n) is 49.4. The van der Waals surface area contributed by atoms with Crippen molar-refractivity contribution in [2.75, 3.05) is 14.7 Å². The number of hydrogen-bond donors (Lipinski definition) is 0. The lowest BCUT2D eigenvalue weighted by Gasteiger charge is -2.47. The van der Waals surface area contributed by atoms with Crippen LogP contribution in [0.15, 0.2) is 231 Å². The van der Waals surface area contributed by atoms with Crippen LogP contribution in [0.4, 0.5) is 51.2 Å². The fourth-order valence-corrected chi connectivity index (χ4v) is 18.5. The van der Waals surface area contributed by atoms with Crippen LogP contribution in [-0.2, 0) is 21.7 Å². The van der Waals surface area contributed by atoms with Crippen LogP contribution in [0.1, 0.15) is 105 Å². The number of para-hydroxylation sites is 2. The zero-order valence-corrected chi connectivity index (χ0v) is 50.4. The van der Waals surface area contributed by atoms with Gasteiger partial charge in [-0.15, -0.1) is 0 Å². The lowest BCUT2D eigenvalue weighted by Crippen LogP contribution is -2.77. The lowest BCUT2D eigenvalue weighted by molar-refractivity contribution is 0.590. The third-order valence-electron chi connectivity index (χ3n) is 17.8. The van der Waals surface area contributed by atoms with Gasteiger partial charge in [-0.05, 0) is 153 Å². The van der Waals surface area contributed by atoms with Crippen LogP contribution >= 0.6 is 0 Å². The van der Waals surface area contributed by atoms with Gasteiger partial charge in [0, 0.05) is 45.5 Å². The molecule has 13 rings (SSSR count). The molecule has 0 aromatic heterocycles. The Morgan fingerprint density at radius 2 is 0.642 bits per heavy atom. The van der Waals surface area contributed by atoms with Crippen molar-refractivity contribution in [3.05, 3.63) is 253 Å². The van der Waals surface area contributed by atoms with Gasteiger partial charge in [0.1, 0.15) is 0 Å². The molecule has 3 aliphatic heterocycles. The molecular weight excluding hydrogens is 994 g/mol. The van der Waals surface area contributed by atoms with Gasteiger partial charge in [-0.2, -0.15) is 0 Å². The first-order valence-electron chi connectivity index (χ1n) is 29.2. The largest absolute Gasteiger partial charge is 0.311 e. The highest BCUT2D eigenvalue weighted by Crippen LogP contribution is 2.50. The first kappa shape index (κ1) is 52.3. The van der Waals surface area contributed by atoms with Gasteiger partial charge in [-0.25, -0.2) is 0 Å². The lowest BCUT2D eigenvalue weighted by atomic mass is 9.33. The Morgan fingerprint density at radius 3 is 1.09 bits per heavy atom. The van der Waals surface area contributed by atoms with Crippen LogP contribution in [0.5, 0.6) is 0 Å². The summed E-state index contributed by atoms with van der Waals surface area (Å²) in [5.41, 5.74) is 22.2. The average Bonchev–Trinajstić information content (AvgIpc) is 3.65. The second-order valence-corrected chi connectivity index (χ2v) is 30.8. The predicted molar refractivity (Wildman–Crippen MR) is 353 cm³/mol. The maximum atomic E-state index is 2.60. The van der Waals surface area contributed by atoms with E-state index in [1.54, 1.807) is 0 Å². The monoisotopic (exact) mass is 1070 g/mol. The number of hydrogen-bond acceptors (Lipinski definition) is 3. The number of fused-ring (bicyclic) bond motifs is 6. The molecule has 0 atom stereocenters. The molecule has 0 radical (unpaired) electrons. The molecule has 10 aromatic rings. The molecule has 5 heteroatoms. The Bertz CT molecular complexity index is 3920. The molecular formula is C76H74BN3Si. The minimum atomic E-state index is -2.90. The molecule has 0 amide bonds. The van der Waals surface area contributed by atoms with Gasteiger partial charge < -0.3 is 14.7 Å². The van der Waals surface area contributed by atoms with Crippen molar-refractivity contribution in [3.63, 3.8) is 0 Å². The van der Waals surface area contributed by atoms with Gasteiger partial charge in [0.25, 0.3) is 6.71 Å². The highest BCUT2D eigenvalue weighted by molar-refractivity contribution is 7.21. The molecule has 0 saturated carbocycles. The summed E-state index contributed by atoms with van der Waals surface area (Å²) in [6, 6.07) is 89.3. The first-order valence-corrected chi connectivity index (χ1v) is 31.2. The van der Waals surface area contributed by atoms with E-state index >= 15 is 0 Å². The van der Waals surface area contributed by atoms with E-state index < -0.39 is 8.07 Å². The standard InChI is InChI=1S/C76H74BN3Si/c1-73(2,3)53-34-31-51(32-35-53)52-33-45-64-62(47-52)77-63-48-56(76(10,11)12)40-46-65(63)79(58-43-38-55(39-44-58)75(7,8)9)69-50-59(49-68(72(69)77)78(64)57-41-36-54(37-42-57)74(4,5)6)80-66-27-19-21-29-70(66)81(60-23-15-13-16-24-60,61-25-17-14-18-26-61)71-30-22-20-28-67(71)80/h13-50H,1-12H3. The molecule has 400 valence electrons. The summed E-state index contributed by atoms with van der Waals surface area (Å²) in [4.78, 5) is 7.80. The number of nitrogens with zero attached hydrogens (tertiary/aromatic N) is 3. The van der Waals surface area contributed by atoms with E-state index in [1.807, 2.05) is 0 Å². The molecule has 0 saturated heterocycles. The maximum absolute atomic E-state index is 2.90. The molecule has 0 bridgehead atoms. The van der Waals surface area contributed by atoms with E-state index in [0.29, 0.717) is 0 Å². The van der Waals surface area contributed by atoms with Gasteiger partial charge in [0.15, 0.2) is 8.07 Å². The van der Waals surface area contributed by atoms with Crippen molar-refractivity contribution in [2.24, 2.45) is 0 Å². The van der Waals surface area contributed by atoms with E-state index in [0.717, 1.165) is 17.1 Å². The fourth-order valence-electron chi connectivity index (χ4n) is 13.4. The molecule has 3 heterocycles. The van der Waals surface area contributed by atoms with Crippen molar-refractivity contribution in [2.45, 2.75) is 105 Å². The summed E-state index contributed by atoms with van der Waals surface area (Å²) in [5.74, 6) is 0. The molecule has 0 spiro atoms. The maximum Gasteiger partial charge on any atom is 0.252 e. The first-order chi connectivity index (χ1) is 38.7. The number of benzene rings is 10. The average molecular weight is 1070 g/mol. The Labute approximate surface area is 483 Å². The second-order valence-electron chi connectivity index (χ2n) is 27.1. The van der Waals surface area contributed by atoms with E-state index in [9.17, 15) is 0 Å². The molecule has 10 aromatic carbocycles. The van der Waals surface area contributed by atoms with Crippen LogP contribution in [0, 0.1) is 0 Å². The predicted octanol–water partition coefficient (Wildman–Crippen LogP) is 15.8. The Morgan fingerprint density at radius 1 is 0.284 bits per heavy atom. The summed E-state index contributed by atoms with van der Waals surface area (Å²) < 4.78 is 0. The van der Waals surface area contributed by atoms with Crippen molar-refractivity contribution < 1.29 is 0 Å². The molecule has 3 aliphatic rings. The molecule has 3 nitrogen and oxygen atoms in total. The molecule has 81 heavy (non-hydrogen) atoms. The van der Waals surface area contributed by atoms with Crippen molar-refractivity contribution in [1.29, 1.82) is 0 Å². The Balaban J connectivity index is 1.14. The van der Waals surface area contributed by atoms with Crippen LogP contribution < -0.4 is 51.8 Å². The Hall–Kier alpha value is -8.12. The van der Waals surface area contributed by atoms with E-state index in [1.165, 1.54) is 105 Å². The molecule has 0 N–H and O–H groups in total. The number of rotatable bonds is 6. The summed E-state index contributed by atoms with van der Waals surface area (Å²) in [6.45, 7) is 27.7. The van der Waals surface area contributed by atoms with Crippen molar-refractivity contribution >= 4 is 103 Å².